The Hall–Kier alpha value is -0.610. The molecule has 0 saturated heterocycles. The van der Waals surface area contributed by atoms with Gasteiger partial charge in [0, 0.05) is 19.6 Å². The zero-order valence-electron chi connectivity index (χ0n) is 12.2. The minimum Gasteiger partial charge on any atom is -0.342 e. The first-order valence-electron chi connectivity index (χ1n) is 7.35. The van der Waals surface area contributed by atoms with E-state index >= 15 is 0 Å². The number of carbonyl (C=O) groups is 1. The first-order chi connectivity index (χ1) is 8.63. The number of rotatable bonds is 9. The van der Waals surface area contributed by atoms with Gasteiger partial charge in [0.05, 0.1) is 5.41 Å². The third kappa shape index (κ3) is 3.69. The monoisotopic (exact) mass is 255 g/mol. The van der Waals surface area contributed by atoms with Crippen LogP contribution in [0.4, 0.5) is 0 Å². The van der Waals surface area contributed by atoms with E-state index in [1.165, 1.54) is 0 Å². The summed E-state index contributed by atoms with van der Waals surface area (Å²) < 4.78 is 0. The second kappa shape index (κ2) is 7.10. The van der Waals surface area contributed by atoms with Crippen molar-refractivity contribution in [3.05, 3.63) is 0 Å². The molecule has 0 aromatic heterocycles. The fourth-order valence-corrected chi connectivity index (χ4v) is 2.42. The van der Waals surface area contributed by atoms with Gasteiger partial charge < -0.3 is 15.5 Å². The Labute approximate surface area is 111 Å². The fourth-order valence-electron chi connectivity index (χ4n) is 2.42. The number of amides is 1. The van der Waals surface area contributed by atoms with E-state index in [4.69, 9.17) is 5.73 Å². The number of hydrogen-bond donors (Lipinski definition) is 1. The highest BCUT2D eigenvalue weighted by Gasteiger charge is 2.50. The van der Waals surface area contributed by atoms with Crippen molar-refractivity contribution < 1.29 is 4.79 Å². The second-order valence-corrected chi connectivity index (χ2v) is 5.25. The van der Waals surface area contributed by atoms with Crippen LogP contribution < -0.4 is 5.73 Å². The van der Waals surface area contributed by atoms with E-state index < -0.39 is 0 Å². The van der Waals surface area contributed by atoms with Crippen LogP contribution in [0.15, 0.2) is 0 Å². The highest BCUT2D eigenvalue weighted by Crippen LogP contribution is 2.46. The highest BCUT2D eigenvalue weighted by atomic mass is 16.2. The van der Waals surface area contributed by atoms with E-state index in [1.54, 1.807) is 0 Å². The maximum Gasteiger partial charge on any atom is 0.230 e. The van der Waals surface area contributed by atoms with E-state index in [1.807, 2.05) is 4.90 Å². The van der Waals surface area contributed by atoms with Gasteiger partial charge >= 0.3 is 0 Å². The van der Waals surface area contributed by atoms with Crippen LogP contribution in [0.3, 0.4) is 0 Å². The Bertz CT molecular complexity index is 260. The molecule has 2 N–H and O–H groups in total. The molecule has 18 heavy (non-hydrogen) atoms. The maximum atomic E-state index is 12.3. The summed E-state index contributed by atoms with van der Waals surface area (Å²) in [6.07, 6.45) is 3.02. The van der Waals surface area contributed by atoms with E-state index in [-0.39, 0.29) is 11.3 Å². The Morgan fingerprint density at radius 2 is 1.72 bits per heavy atom. The minimum atomic E-state index is -0.189. The summed E-state index contributed by atoms with van der Waals surface area (Å²) in [5.41, 5.74) is 5.54. The molecular weight excluding hydrogens is 226 g/mol. The third-order valence-electron chi connectivity index (χ3n) is 4.16. The SMILES string of the molecule is CCN(CC)CCCN(CC)C(=O)C1(CN)CC1. The van der Waals surface area contributed by atoms with Crippen LogP contribution in [0.2, 0.25) is 0 Å². The van der Waals surface area contributed by atoms with Crippen LogP contribution in [0, 0.1) is 5.41 Å². The van der Waals surface area contributed by atoms with Crippen molar-refractivity contribution >= 4 is 5.91 Å². The topological polar surface area (TPSA) is 49.6 Å². The smallest absolute Gasteiger partial charge is 0.230 e. The van der Waals surface area contributed by atoms with Crippen LogP contribution in [0.25, 0.3) is 0 Å². The molecule has 0 atom stereocenters. The molecule has 1 aliphatic rings. The van der Waals surface area contributed by atoms with Gasteiger partial charge in [-0.3, -0.25) is 4.79 Å². The van der Waals surface area contributed by atoms with Crippen LogP contribution in [0.5, 0.6) is 0 Å². The van der Waals surface area contributed by atoms with Gasteiger partial charge in [-0.2, -0.15) is 0 Å². The van der Waals surface area contributed by atoms with E-state index in [9.17, 15) is 4.79 Å². The van der Waals surface area contributed by atoms with Crippen molar-refractivity contribution in [3.8, 4) is 0 Å². The quantitative estimate of drug-likeness (QED) is 0.676. The zero-order valence-corrected chi connectivity index (χ0v) is 12.2. The Kier molecular flexibility index (Phi) is 6.09. The second-order valence-electron chi connectivity index (χ2n) is 5.25. The maximum absolute atomic E-state index is 12.3. The highest BCUT2D eigenvalue weighted by molar-refractivity contribution is 5.85. The van der Waals surface area contributed by atoms with E-state index in [0.717, 1.165) is 52.0 Å². The Morgan fingerprint density at radius 3 is 2.11 bits per heavy atom. The van der Waals surface area contributed by atoms with Crippen molar-refractivity contribution in [2.24, 2.45) is 11.1 Å². The molecular formula is C14H29N3O. The molecule has 1 aliphatic carbocycles. The van der Waals surface area contributed by atoms with Gasteiger partial charge in [-0.05, 0) is 45.8 Å². The van der Waals surface area contributed by atoms with Gasteiger partial charge in [-0.25, -0.2) is 0 Å². The average Bonchev–Trinajstić information content (AvgIpc) is 3.19. The number of carbonyl (C=O) groups excluding carboxylic acids is 1. The lowest BCUT2D eigenvalue weighted by Crippen LogP contribution is -2.41. The Balaban J connectivity index is 2.36. The summed E-state index contributed by atoms with van der Waals surface area (Å²) in [4.78, 5) is 16.7. The van der Waals surface area contributed by atoms with Crippen LogP contribution in [-0.2, 0) is 4.79 Å². The lowest BCUT2D eigenvalue weighted by molar-refractivity contribution is -0.136. The lowest BCUT2D eigenvalue weighted by atomic mass is 10.1. The molecule has 4 nitrogen and oxygen atoms in total. The van der Waals surface area contributed by atoms with Crippen molar-refractivity contribution in [1.29, 1.82) is 0 Å². The van der Waals surface area contributed by atoms with E-state index in [0.29, 0.717) is 6.54 Å². The average molecular weight is 255 g/mol. The zero-order chi connectivity index (χ0) is 13.6. The molecule has 4 heteroatoms. The third-order valence-corrected chi connectivity index (χ3v) is 4.16. The molecule has 1 rings (SSSR count). The predicted octanol–water partition coefficient (Wildman–Crippen LogP) is 1.31. The molecule has 0 aromatic carbocycles. The molecule has 0 aromatic rings. The molecule has 0 heterocycles. The number of hydrogen-bond acceptors (Lipinski definition) is 3. The molecule has 1 fully saturated rings. The van der Waals surface area contributed by atoms with Gasteiger partial charge in [0.2, 0.25) is 5.91 Å². The molecule has 0 radical (unpaired) electrons. The number of nitrogens with zero attached hydrogens (tertiary/aromatic N) is 2. The lowest BCUT2D eigenvalue weighted by Gasteiger charge is -2.27. The van der Waals surface area contributed by atoms with Gasteiger partial charge in [0.15, 0.2) is 0 Å². The van der Waals surface area contributed by atoms with Gasteiger partial charge in [0.25, 0.3) is 0 Å². The summed E-state index contributed by atoms with van der Waals surface area (Å²) in [5.74, 6) is 0.284. The van der Waals surface area contributed by atoms with Crippen LogP contribution >= 0.6 is 0 Å². The van der Waals surface area contributed by atoms with Crippen molar-refractivity contribution in [2.75, 3.05) is 39.3 Å². The van der Waals surface area contributed by atoms with Crippen LogP contribution in [0.1, 0.15) is 40.0 Å². The van der Waals surface area contributed by atoms with Gasteiger partial charge in [-0.1, -0.05) is 13.8 Å². The minimum absolute atomic E-state index is 0.189. The molecule has 0 bridgehead atoms. The first kappa shape index (κ1) is 15.4. The summed E-state index contributed by atoms with van der Waals surface area (Å²) in [7, 11) is 0. The van der Waals surface area contributed by atoms with Gasteiger partial charge in [0.1, 0.15) is 0 Å². The molecule has 0 unspecified atom stereocenters. The van der Waals surface area contributed by atoms with Crippen LogP contribution in [-0.4, -0.2) is 55.0 Å². The first-order valence-corrected chi connectivity index (χ1v) is 7.35. The standard InChI is InChI=1S/C14H29N3O/c1-4-16(5-2)10-7-11-17(6-3)13(18)14(12-15)8-9-14/h4-12,15H2,1-3H3. The molecule has 106 valence electrons. The van der Waals surface area contributed by atoms with Crippen molar-refractivity contribution in [1.82, 2.24) is 9.80 Å². The molecule has 0 aliphatic heterocycles. The molecule has 1 amide bonds. The van der Waals surface area contributed by atoms with Crippen molar-refractivity contribution in [2.45, 2.75) is 40.0 Å². The van der Waals surface area contributed by atoms with Gasteiger partial charge in [-0.15, -0.1) is 0 Å². The predicted molar refractivity (Wildman–Crippen MR) is 75.4 cm³/mol. The number of nitrogens with two attached hydrogens (primary N) is 1. The van der Waals surface area contributed by atoms with Crippen molar-refractivity contribution in [3.63, 3.8) is 0 Å². The largest absolute Gasteiger partial charge is 0.342 e. The molecule has 1 saturated carbocycles. The van der Waals surface area contributed by atoms with E-state index in [2.05, 4.69) is 25.7 Å². The summed E-state index contributed by atoms with van der Waals surface area (Å²) >= 11 is 0. The summed E-state index contributed by atoms with van der Waals surface area (Å²) in [6.45, 7) is 11.9. The normalized spacial score (nSPS) is 16.9. The summed E-state index contributed by atoms with van der Waals surface area (Å²) in [5, 5.41) is 0. The molecule has 0 spiro atoms. The summed E-state index contributed by atoms with van der Waals surface area (Å²) in [6, 6.07) is 0. The Morgan fingerprint density at radius 1 is 1.11 bits per heavy atom. The fraction of sp³-hybridized carbons (Fsp3) is 0.929.